The van der Waals surface area contributed by atoms with Gasteiger partial charge in [-0.3, -0.25) is 0 Å². The summed E-state index contributed by atoms with van der Waals surface area (Å²) in [6.07, 6.45) is 9.09. The van der Waals surface area contributed by atoms with Crippen molar-refractivity contribution in [1.29, 1.82) is 5.26 Å². The Morgan fingerprint density at radius 1 is 0.531 bits per heavy atom. The Labute approximate surface area is 192 Å². The van der Waals surface area contributed by atoms with Crippen LogP contribution in [0.5, 0.6) is 0 Å². The lowest BCUT2D eigenvalue weighted by Gasteiger charge is -2.71. The zero-order valence-corrected chi connectivity index (χ0v) is 18.8. The van der Waals surface area contributed by atoms with E-state index in [0.717, 1.165) is 6.42 Å². The van der Waals surface area contributed by atoms with Crippen LogP contribution < -0.4 is 0 Å². The van der Waals surface area contributed by atoms with Crippen LogP contribution >= 0.6 is 0 Å². The molecule has 1 nitrogen and oxygen atoms in total. The first kappa shape index (κ1) is 19.8. The highest BCUT2D eigenvalue weighted by Crippen LogP contribution is 2.75. The maximum Gasteiger partial charge on any atom is 0.0621 e. The lowest BCUT2D eigenvalue weighted by molar-refractivity contribution is -0.111. The van der Waals surface area contributed by atoms with Crippen molar-refractivity contribution in [3.05, 3.63) is 108 Å². The van der Waals surface area contributed by atoms with Crippen LogP contribution in [0, 0.1) is 16.7 Å². The average molecular weight is 418 g/mol. The van der Waals surface area contributed by atoms with Crippen molar-refractivity contribution >= 4 is 0 Å². The third-order valence-electron chi connectivity index (χ3n) is 9.10. The van der Waals surface area contributed by atoms with E-state index < -0.39 is 0 Å². The molecule has 4 aliphatic carbocycles. The normalized spacial score (nSPS) is 34.8. The Bertz CT molecular complexity index is 999. The van der Waals surface area contributed by atoms with Gasteiger partial charge in [0.05, 0.1) is 6.07 Å². The van der Waals surface area contributed by atoms with Crippen molar-refractivity contribution < 1.29 is 0 Å². The predicted octanol–water partition coefficient (Wildman–Crippen LogP) is 7.47. The molecule has 3 aromatic carbocycles. The fourth-order valence-electron chi connectivity index (χ4n) is 8.73. The van der Waals surface area contributed by atoms with Crippen molar-refractivity contribution in [2.45, 2.75) is 67.6 Å². The molecule has 0 atom stereocenters. The zero-order chi connectivity index (χ0) is 21.7. The molecule has 7 rings (SSSR count). The molecule has 0 saturated heterocycles. The van der Waals surface area contributed by atoms with E-state index in [1.54, 1.807) is 0 Å². The molecule has 0 aliphatic heterocycles. The van der Waals surface area contributed by atoms with E-state index in [9.17, 15) is 5.26 Å². The van der Waals surface area contributed by atoms with Gasteiger partial charge in [0.1, 0.15) is 0 Å². The Hall–Kier alpha value is -2.85. The Balaban J connectivity index is 1.60. The molecule has 4 saturated carbocycles. The molecular weight excluding hydrogens is 386 g/mol. The molecule has 32 heavy (non-hydrogen) atoms. The number of rotatable bonds is 5. The molecule has 0 spiro atoms. The number of hydrogen-bond acceptors (Lipinski definition) is 1. The first-order valence-corrected chi connectivity index (χ1v) is 12.2. The van der Waals surface area contributed by atoms with Gasteiger partial charge in [-0.25, -0.2) is 0 Å². The molecule has 1 heteroatoms. The molecule has 160 valence electrons. The van der Waals surface area contributed by atoms with Crippen LogP contribution in [0.1, 0.15) is 68.1 Å². The molecular formula is C31H31N. The third-order valence-corrected chi connectivity index (χ3v) is 9.10. The van der Waals surface area contributed by atoms with Gasteiger partial charge in [0.25, 0.3) is 0 Å². The molecule has 4 aliphatic rings. The minimum Gasteiger partial charge on any atom is -0.198 e. The Morgan fingerprint density at radius 3 is 1.19 bits per heavy atom. The number of benzene rings is 3. The van der Waals surface area contributed by atoms with E-state index in [4.69, 9.17) is 0 Å². The highest BCUT2D eigenvalue weighted by molar-refractivity contribution is 5.45. The van der Waals surface area contributed by atoms with Gasteiger partial charge in [-0.1, -0.05) is 91.0 Å². The second-order valence-electron chi connectivity index (χ2n) is 11.2. The highest BCUT2D eigenvalue weighted by Gasteiger charge is 2.68. The quantitative estimate of drug-likeness (QED) is 0.422. The molecule has 0 heterocycles. The van der Waals surface area contributed by atoms with E-state index in [2.05, 4.69) is 97.1 Å². The van der Waals surface area contributed by atoms with E-state index >= 15 is 0 Å². The Kier molecular flexibility index (Phi) is 4.38. The lowest BCUT2D eigenvalue weighted by Crippen LogP contribution is -2.65. The van der Waals surface area contributed by atoms with Crippen LogP contribution in [0.15, 0.2) is 91.0 Å². The topological polar surface area (TPSA) is 23.8 Å². The number of nitriles is 1. The van der Waals surface area contributed by atoms with Gasteiger partial charge in [-0.15, -0.1) is 0 Å². The molecule has 0 N–H and O–H groups in total. The van der Waals surface area contributed by atoms with Gasteiger partial charge in [-0.05, 0) is 83.3 Å². The maximum absolute atomic E-state index is 9.56. The van der Waals surface area contributed by atoms with Gasteiger partial charge in [0.15, 0.2) is 0 Å². The summed E-state index contributed by atoms with van der Waals surface area (Å²) >= 11 is 0. The van der Waals surface area contributed by atoms with Gasteiger partial charge >= 0.3 is 0 Å². The second-order valence-corrected chi connectivity index (χ2v) is 11.2. The average Bonchev–Trinajstić information content (AvgIpc) is 2.84. The van der Waals surface area contributed by atoms with Crippen LogP contribution in [-0.2, 0) is 16.2 Å². The minimum atomic E-state index is 0.178. The van der Waals surface area contributed by atoms with E-state index in [1.165, 1.54) is 55.2 Å². The van der Waals surface area contributed by atoms with Crippen LogP contribution in [0.2, 0.25) is 0 Å². The third kappa shape index (κ3) is 2.89. The smallest absolute Gasteiger partial charge is 0.0621 e. The van der Waals surface area contributed by atoms with Crippen molar-refractivity contribution in [1.82, 2.24) is 0 Å². The SMILES string of the molecule is N#CCCC12CC3(c4ccccc4)CC(c4ccccc4)(C1)CC(c1ccccc1)(C2)C3. The van der Waals surface area contributed by atoms with E-state index in [1.807, 2.05) is 0 Å². The summed E-state index contributed by atoms with van der Waals surface area (Å²) < 4.78 is 0. The summed E-state index contributed by atoms with van der Waals surface area (Å²) in [6.45, 7) is 0. The largest absolute Gasteiger partial charge is 0.198 e. The summed E-state index contributed by atoms with van der Waals surface area (Å²) in [5.41, 5.74) is 5.31. The molecule has 0 unspecified atom stereocenters. The van der Waals surface area contributed by atoms with Gasteiger partial charge in [0.2, 0.25) is 0 Å². The van der Waals surface area contributed by atoms with Gasteiger partial charge < -0.3 is 0 Å². The number of hydrogen-bond donors (Lipinski definition) is 0. The van der Waals surface area contributed by atoms with E-state index in [0.29, 0.717) is 6.42 Å². The second kappa shape index (κ2) is 7.08. The summed E-state index contributed by atoms with van der Waals surface area (Å²) in [4.78, 5) is 0. The van der Waals surface area contributed by atoms with Crippen molar-refractivity contribution in [3.63, 3.8) is 0 Å². The predicted molar refractivity (Wildman–Crippen MR) is 129 cm³/mol. The molecule has 4 fully saturated rings. The molecule has 0 radical (unpaired) electrons. The van der Waals surface area contributed by atoms with Gasteiger partial charge in [-0.2, -0.15) is 5.26 Å². The first-order valence-electron chi connectivity index (χ1n) is 12.2. The van der Waals surface area contributed by atoms with Crippen LogP contribution in [-0.4, -0.2) is 0 Å². The highest BCUT2D eigenvalue weighted by atomic mass is 14.7. The van der Waals surface area contributed by atoms with Crippen LogP contribution in [0.3, 0.4) is 0 Å². The van der Waals surface area contributed by atoms with E-state index in [-0.39, 0.29) is 21.7 Å². The fraction of sp³-hybridized carbons (Fsp3) is 0.387. The molecule has 4 bridgehead atoms. The first-order chi connectivity index (χ1) is 15.6. The zero-order valence-electron chi connectivity index (χ0n) is 18.8. The fourth-order valence-corrected chi connectivity index (χ4v) is 8.73. The maximum atomic E-state index is 9.56. The van der Waals surface area contributed by atoms with Crippen LogP contribution in [0.4, 0.5) is 0 Å². The standard InChI is InChI=1S/C31H31N/c32-18-10-17-28-19-29(25-11-4-1-5-12-25)22-30(20-28,26-13-6-2-7-14-26)24-31(21-28,23-29)27-15-8-3-9-16-27/h1-9,11-16H,10,17,19-24H2. The lowest BCUT2D eigenvalue weighted by atomic mass is 9.32. The summed E-state index contributed by atoms with van der Waals surface area (Å²) in [6, 6.07) is 36.5. The van der Waals surface area contributed by atoms with Crippen LogP contribution in [0.25, 0.3) is 0 Å². The number of nitrogens with zero attached hydrogens (tertiary/aromatic N) is 1. The molecule has 3 aromatic rings. The van der Waals surface area contributed by atoms with Crippen molar-refractivity contribution in [2.75, 3.05) is 0 Å². The summed E-state index contributed by atoms with van der Waals surface area (Å²) in [5.74, 6) is 0. The minimum absolute atomic E-state index is 0.178. The molecule has 0 amide bonds. The van der Waals surface area contributed by atoms with Gasteiger partial charge in [0, 0.05) is 6.42 Å². The summed E-state index contributed by atoms with van der Waals surface area (Å²) in [5, 5.41) is 9.56. The van der Waals surface area contributed by atoms with Crippen molar-refractivity contribution in [3.8, 4) is 6.07 Å². The monoisotopic (exact) mass is 417 g/mol. The van der Waals surface area contributed by atoms with Crippen molar-refractivity contribution in [2.24, 2.45) is 5.41 Å². The summed E-state index contributed by atoms with van der Waals surface area (Å²) in [7, 11) is 0. The molecule has 0 aromatic heterocycles. The Morgan fingerprint density at radius 2 is 0.875 bits per heavy atom.